The highest BCUT2D eigenvalue weighted by Crippen LogP contribution is 2.39. The SMILES string of the molecule is COc1ccc(-c2nc(-c3cccs3)[nH]c2-c2cn(CC(COC(C)=O)OC(C)=O)c3ccc(Cl)cc23)cc1. The van der Waals surface area contributed by atoms with Gasteiger partial charge in [-0.2, -0.15) is 0 Å². The van der Waals surface area contributed by atoms with Gasteiger partial charge in [-0.25, -0.2) is 4.98 Å². The van der Waals surface area contributed by atoms with Gasteiger partial charge in [0.2, 0.25) is 0 Å². The third-order valence-electron chi connectivity index (χ3n) is 6.14. The molecule has 5 rings (SSSR count). The van der Waals surface area contributed by atoms with Crippen molar-refractivity contribution >= 4 is 45.8 Å². The second kappa shape index (κ2) is 11.3. The van der Waals surface area contributed by atoms with Crippen LogP contribution in [0.3, 0.4) is 0 Å². The molecule has 0 aliphatic heterocycles. The second-order valence-corrected chi connectivity index (χ2v) is 10.3. The van der Waals surface area contributed by atoms with E-state index in [0.717, 1.165) is 49.9 Å². The lowest BCUT2D eigenvalue weighted by Crippen LogP contribution is -2.28. The average Bonchev–Trinajstić information content (AvgIpc) is 3.66. The van der Waals surface area contributed by atoms with Gasteiger partial charge in [0.1, 0.15) is 18.2 Å². The maximum atomic E-state index is 11.8. The van der Waals surface area contributed by atoms with Crippen LogP contribution in [0.25, 0.3) is 44.1 Å². The van der Waals surface area contributed by atoms with E-state index in [1.54, 1.807) is 18.4 Å². The van der Waals surface area contributed by atoms with Crippen molar-refractivity contribution < 1.29 is 23.8 Å². The summed E-state index contributed by atoms with van der Waals surface area (Å²) in [5.74, 6) is 0.603. The molecule has 0 fully saturated rings. The number of aromatic nitrogens is 3. The molecular weight excluding hydrogens is 538 g/mol. The zero-order valence-corrected chi connectivity index (χ0v) is 23.1. The summed E-state index contributed by atoms with van der Waals surface area (Å²) in [5.41, 5.74) is 4.26. The van der Waals surface area contributed by atoms with Crippen molar-refractivity contribution in [3.05, 3.63) is 71.2 Å². The lowest BCUT2D eigenvalue weighted by Gasteiger charge is -2.18. The number of H-pyrrole nitrogens is 1. The molecule has 1 N–H and O–H groups in total. The van der Waals surface area contributed by atoms with Gasteiger partial charge in [0.25, 0.3) is 0 Å². The highest BCUT2D eigenvalue weighted by atomic mass is 35.5. The minimum Gasteiger partial charge on any atom is -0.497 e. The van der Waals surface area contributed by atoms with E-state index >= 15 is 0 Å². The predicted octanol–water partition coefficient (Wildman–Crippen LogP) is 6.58. The van der Waals surface area contributed by atoms with E-state index in [2.05, 4.69) is 4.98 Å². The fourth-order valence-electron chi connectivity index (χ4n) is 4.46. The normalized spacial score (nSPS) is 11.9. The first-order chi connectivity index (χ1) is 18.8. The molecule has 1 atom stereocenters. The van der Waals surface area contributed by atoms with Gasteiger partial charge in [-0.3, -0.25) is 9.59 Å². The van der Waals surface area contributed by atoms with Crippen LogP contribution in [0.2, 0.25) is 5.02 Å². The zero-order chi connectivity index (χ0) is 27.5. The molecule has 8 nitrogen and oxygen atoms in total. The molecule has 0 aliphatic rings. The average molecular weight is 564 g/mol. The number of benzene rings is 2. The van der Waals surface area contributed by atoms with Gasteiger partial charge in [0.15, 0.2) is 6.10 Å². The van der Waals surface area contributed by atoms with Crippen molar-refractivity contribution in [1.29, 1.82) is 0 Å². The third kappa shape index (κ3) is 5.84. The Labute approximate surface area is 234 Å². The number of hydrogen-bond acceptors (Lipinski definition) is 7. The van der Waals surface area contributed by atoms with E-state index in [-0.39, 0.29) is 13.2 Å². The fraction of sp³-hybridized carbons (Fsp3) is 0.207. The molecule has 39 heavy (non-hydrogen) atoms. The van der Waals surface area contributed by atoms with Crippen LogP contribution in [0.1, 0.15) is 13.8 Å². The lowest BCUT2D eigenvalue weighted by atomic mass is 10.0. The van der Waals surface area contributed by atoms with Crippen molar-refractivity contribution in [2.75, 3.05) is 13.7 Å². The van der Waals surface area contributed by atoms with E-state index in [4.69, 9.17) is 30.8 Å². The molecule has 0 radical (unpaired) electrons. The first-order valence-corrected chi connectivity index (χ1v) is 13.5. The molecule has 0 saturated heterocycles. The molecular formula is C29H26ClN3O5S. The van der Waals surface area contributed by atoms with Crippen molar-refractivity contribution in [3.8, 4) is 39.0 Å². The van der Waals surface area contributed by atoms with Gasteiger partial charge in [-0.15, -0.1) is 11.3 Å². The number of carbonyl (C=O) groups is 2. The number of halogens is 1. The molecule has 2 aromatic carbocycles. The molecule has 0 spiro atoms. The molecule has 1 unspecified atom stereocenters. The molecule has 200 valence electrons. The van der Waals surface area contributed by atoms with E-state index in [9.17, 15) is 9.59 Å². The smallest absolute Gasteiger partial charge is 0.303 e. The quantitative estimate of drug-likeness (QED) is 0.203. The first-order valence-electron chi connectivity index (χ1n) is 12.2. The van der Waals surface area contributed by atoms with Crippen molar-refractivity contribution in [1.82, 2.24) is 14.5 Å². The van der Waals surface area contributed by atoms with Gasteiger partial charge in [-0.1, -0.05) is 17.7 Å². The summed E-state index contributed by atoms with van der Waals surface area (Å²) in [5, 5.41) is 3.49. The van der Waals surface area contributed by atoms with Gasteiger partial charge in [0, 0.05) is 47.1 Å². The number of hydrogen-bond donors (Lipinski definition) is 1. The molecule has 10 heteroatoms. The molecule has 0 amide bonds. The van der Waals surface area contributed by atoms with Crippen LogP contribution in [0.5, 0.6) is 5.75 Å². The standard InChI is InChI=1S/C29H26ClN3O5S/c1-17(34)37-16-22(38-18(2)35)14-33-15-24(23-13-20(30)8-11-25(23)33)28-27(19-6-9-21(36-3)10-7-19)31-29(32-28)26-5-4-12-39-26/h4-13,15,22H,14,16H2,1-3H3,(H,31,32). The van der Waals surface area contributed by atoms with Crippen LogP contribution in [0, 0.1) is 0 Å². The summed E-state index contributed by atoms with van der Waals surface area (Å²) < 4.78 is 18.0. The van der Waals surface area contributed by atoms with Crippen molar-refractivity contribution in [2.24, 2.45) is 0 Å². The van der Waals surface area contributed by atoms with Crippen LogP contribution in [-0.4, -0.2) is 46.3 Å². The second-order valence-electron chi connectivity index (χ2n) is 8.91. The molecule has 0 bridgehead atoms. The molecule has 0 aliphatic carbocycles. The van der Waals surface area contributed by atoms with Crippen LogP contribution in [-0.2, 0) is 25.6 Å². The summed E-state index contributed by atoms with van der Waals surface area (Å²) in [6.45, 7) is 2.87. The van der Waals surface area contributed by atoms with Crippen molar-refractivity contribution in [2.45, 2.75) is 26.5 Å². The fourth-order valence-corrected chi connectivity index (χ4v) is 5.31. The number of fused-ring (bicyclic) bond motifs is 1. The Bertz CT molecular complexity index is 1620. The number of methoxy groups -OCH3 is 1. The Morgan fingerprint density at radius 3 is 2.56 bits per heavy atom. The Morgan fingerprint density at radius 1 is 1.10 bits per heavy atom. The molecule has 3 heterocycles. The van der Waals surface area contributed by atoms with Gasteiger partial charge in [0.05, 0.1) is 29.9 Å². The maximum Gasteiger partial charge on any atom is 0.303 e. The molecule has 3 aromatic heterocycles. The Balaban J connectivity index is 1.65. The Morgan fingerprint density at radius 2 is 1.90 bits per heavy atom. The summed E-state index contributed by atoms with van der Waals surface area (Å²) in [6, 6.07) is 17.4. The largest absolute Gasteiger partial charge is 0.497 e. The number of carbonyl (C=O) groups excluding carboxylic acids is 2. The number of thiophene rings is 1. The number of nitrogens with zero attached hydrogens (tertiary/aromatic N) is 2. The monoisotopic (exact) mass is 563 g/mol. The number of esters is 2. The first kappa shape index (κ1) is 26.5. The van der Waals surface area contributed by atoms with E-state index in [1.165, 1.54) is 13.8 Å². The minimum atomic E-state index is -0.671. The number of ether oxygens (including phenoxy) is 3. The summed E-state index contributed by atoms with van der Waals surface area (Å²) in [6.07, 6.45) is 1.30. The zero-order valence-electron chi connectivity index (χ0n) is 21.6. The van der Waals surface area contributed by atoms with E-state index in [1.807, 2.05) is 70.7 Å². The minimum absolute atomic E-state index is 0.0544. The van der Waals surface area contributed by atoms with Gasteiger partial charge < -0.3 is 23.8 Å². The predicted molar refractivity (Wildman–Crippen MR) is 152 cm³/mol. The third-order valence-corrected chi connectivity index (χ3v) is 7.25. The van der Waals surface area contributed by atoms with Crippen LogP contribution < -0.4 is 4.74 Å². The van der Waals surface area contributed by atoms with Crippen LogP contribution in [0.4, 0.5) is 0 Å². The topological polar surface area (TPSA) is 95.4 Å². The number of aromatic amines is 1. The van der Waals surface area contributed by atoms with Gasteiger partial charge >= 0.3 is 11.9 Å². The summed E-state index contributed by atoms with van der Waals surface area (Å²) in [4.78, 5) is 32.7. The number of rotatable bonds is 9. The highest BCUT2D eigenvalue weighted by molar-refractivity contribution is 7.13. The summed E-state index contributed by atoms with van der Waals surface area (Å²) in [7, 11) is 1.63. The molecule has 0 saturated carbocycles. The van der Waals surface area contributed by atoms with E-state index < -0.39 is 18.0 Å². The Hall–Kier alpha value is -4.08. The number of imidazole rings is 1. The maximum absolute atomic E-state index is 11.8. The Kier molecular flexibility index (Phi) is 7.72. The molecule has 5 aromatic rings. The van der Waals surface area contributed by atoms with Gasteiger partial charge in [-0.05, 0) is 53.9 Å². The van der Waals surface area contributed by atoms with Crippen molar-refractivity contribution in [3.63, 3.8) is 0 Å². The lowest BCUT2D eigenvalue weighted by molar-refractivity contribution is -0.157. The highest BCUT2D eigenvalue weighted by Gasteiger charge is 2.22. The van der Waals surface area contributed by atoms with Crippen LogP contribution in [0.15, 0.2) is 66.2 Å². The van der Waals surface area contributed by atoms with E-state index in [0.29, 0.717) is 5.02 Å². The summed E-state index contributed by atoms with van der Waals surface area (Å²) >= 11 is 8.05. The van der Waals surface area contributed by atoms with Crippen LogP contribution >= 0.6 is 22.9 Å². The number of nitrogens with one attached hydrogen (secondary N) is 1.